The fraction of sp³-hybridized carbons (Fsp3) is 0.385. The van der Waals surface area contributed by atoms with Crippen LogP contribution in [0.2, 0.25) is 0 Å². The number of carbonyl (C=O) groups excluding carboxylic acids is 1. The fourth-order valence-electron chi connectivity index (χ4n) is 2.47. The van der Waals surface area contributed by atoms with Crippen molar-refractivity contribution in [3.05, 3.63) is 30.0 Å². The van der Waals surface area contributed by atoms with Crippen LogP contribution in [-0.4, -0.2) is 42.1 Å². The lowest BCUT2D eigenvalue weighted by molar-refractivity contribution is 0.0953. The number of aromatic amines is 1. The maximum Gasteiger partial charge on any atom is 0.251 e. The molecule has 1 fully saturated rings. The van der Waals surface area contributed by atoms with Gasteiger partial charge in [0.15, 0.2) is 9.84 Å². The number of nitrogens with one attached hydrogen (secondary N) is 2. The number of hydrogen-bond donors (Lipinski definition) is 2. The van der Waals surface area contributed by atoms with Gasteiger partial charge in [0.1, 0.15) is 0 Å². The van der Waals surface area contributed by atoms with E-state index in [2.05, 4.69) is 15.5 Å². The summed E-state index contributed by atoms with van der Waals surface area (Å²) in [6.45, 7) is 0.183. The molecule has 1 atom stereocenters. The molecule has 1 aromatic heterocycles. The molecule has 3 rings (SSSR count). The van der Waals surface area contributed by atoms with Crippen molar-refractivity contribution >= 4 is 26.6 Å². The van der Waals surface area contributed by atoms with Crippen molar-refractivity contribution in [2.45, 2.75) is 18.1 Å². The number of fused-ring (bicyclic) bond motifs is 1. The van der Waals surface area contributed by atoms with Gasteiger partial charge in [0.2, 0.25) is 0 Å². The Kier molecular flexibility index (Phi) is 3.21. The molecule has 1 aliphatic heterocycles. The predicted molar refractivity (Wildman–Crippen MR) is 75.2 cm³/mol. The highest BCUT2D eigenvalue weighted by Crippen LogP contribution is 2.19. The van der Waals surface area contributed by atoms with Crippen molar-refractivity contribution in [3.63, 3.8) is 0 Å². The summed E-state index contributed by atoms with van der Waals surface area (Å²) in [5, 5.41) is 9.88. The maximum atomic E-state index is 12.0. The Hall–Kier alpha value is -1.89. The van der Waals surface area contributed by atoms with E-state index in [4.69, 9.17) is 0 Å². The fourth-order valence-corrected chi connectivity index (χ4v) is 4.24. The standard InChI is InChI=1S/C13H15N3O3S/c17-13(14-8-11-2-1-5-20(11,18)19)9-3-4-10-7-15-16-12(10)6-9/h3-4,6-7,11H,1-2,5,8H2,(H,14,17)(H,15,16). The lowest BCUT2D eigenvalue weighted by atomic mass is 10.1. The number of benzene rings is 1. The van der Waals surface area contributed by atoms with E-state index < -0.39 is 15.1 Å². The molecule has 1 aliphatic rings. The summed E-state index contributed by atoms with van der Waals surface area (Å²) >= 11 is 0. The molecule has 7 heteroatoms. The molecular weight excluding hydrogens is 278 g/mol. The molecule has 1 amide bonds. The monoisotopic (exact) mass is 293 g/mol. The average molecular weight is 293 g/mol. The summed E-state index contributed by atoms with van der Waals surface area (Å²) in [7, 11) is -3.02. The lowest BCUT2D eigenvalue weighted by Crippen LogP contribution is -2.34. The summed E-state index contributed by atoms with van der Waals surface area (Å²) in [6, 6.07) is 5.22. The van der Waals surface area contributed by atoms with E-state index in [0.717, 1.165) is 10.9 Å². The molecule has 0 spiro atoms. The minimum Gasteiger partial charge on any atom is -0.351 e. The van der Waals surface area contributed by atoms with Crippen LogP contribution in [0.15, 0.2) is 24.4 Å². The highest BCUT2D eigenvalue weighted by atomic mass is 32.2. The van der Waals surface area contributed by atoms with Gasteiger partial charge in [0.25, 0.3) is 5.91 Å². The van der Waals surface area contributed by atoms with Crippen molar-refractivity contribution in [3.8, 4) is 0 Å². The molecule has 2 aromatic rings. The van der Waals surface area contributed by atoms with Gasteiger partial charge in [0, 0.05) is 17.5 Å². The van der Waals surface area contributed by atoms with E-state index in [9.17, 15) is 13.2 Å². The van der Waals surface area contributed by atoms with Crippen LogP contribution < -0.4 is 5.32 Å². The summed E-state index contributed by atoms with van der Waals surface area (Å²) < 4.78 is 23.4. The Morgan fingerprint density at radius 2 is 2.30 bits per heavy atom. The zero-order chi connectivity index (χ0) is 14.2. The van der Waals surface area contributed by atoms with Crippen LogP contribution >= 0.6 is 0 Å². The minimum absolute atomic E-state index is 0.183. The Morgan fingerprint density at radius 1 is 1.45 bits per heavy atom. The maximum absolute atomic E-state index is 12.0. The highest BCUT2D eigenvalue weighted by Gasteiger charge is 2.31. The first-order valence-electron chi connectivity index (χ1n) is 6.49. The van der Waals surface area contributed by atoms with Gasteiger partial charge < -0.3 is 5.32 Å². The van der Waals surface area contributed by atoms with Gasteiger partial charge in [-0.25, -0.2) is 8.42 Å². The molecule has 0 radical (unpaired) electrons. The van der Waals surface area contributed by atoms with Crippen LogP contribution in [0.4, 0.5) is 0 Å². The average Bonchev–Trinajstić information content (AvgIpc) is 3.01. The Morgan fingerprint density at radius 3 is 3.05 bits per heavy atom. The van der Waals surface area contributed by atoms with E-state index in [1.54, 1.807) is 24.4 Å². The first-order valence-corrected chi connectivity index (χ1v) is 8.21. The second-order valence-electron chi connectivity index (χ2n) is 5.01. The normalized spacial score (nSPS) is 21.1. The molecule has 0 saturated carbocycles. The van der Waals surface area contributed by atoms with Gasteiger partial charge in [-0.05, 0) is 25.0 Å². The number of nitrogens with zero attached hydrogens (tertiary/aromatic N) is 1. The molecule has 1 unspecified atom stereocenters. The Balaban J connectivity index is 1.70. The molecule has 1 aromatic carbocycles. The second-order valence-corrected chi connectivity index (χ2v) is 7.41. The van der Waals surface area contributed by atoms with Crippen LogP contribution in [0.1, 0.15) is 23.2 Å². The van der Waals surface area contributed by atoms with E-state index in [0.29, 0.717) is 18.4 Å². The first kappa shape index (κ1) is 13.1. The highest BCUT2D eigenvalue weighted by molar-refractivity contribution is 7.92. The summed E-state index contributed by atoms with van der Waals surface area (Å²) in [6.07, 6.45) is 2.99. The summed E-state index contributed by atoms with van der Waals surface area (Å²) in [4.78, 5) is 12.0. The van der Waals surface area contributed by atoms with Crippen LogP contribution in [0, 0.1) is 0 Å². The molecule has 6 nitrogen and oxygen atoms in total. The van der Waals surface area contributed by atoms with Crippen LogP contribution in [0.3, 0.4) is 0 Å². The van der Waals surface area contributed by atoms with E-state index in [1.165, 1.54) is 0 Å². The lowest BCUT2D eigenvalue weighted by Gasteiger charge is -2.10. The number of amides is 1. The van der Waals surface area contributed by atoms with Gasteiger partial charge in [-0.2, -0.15) is 5.10 Å². The number of sulfone groups is 1. The smallest absolute Gasteiger partial charge is 0.251 e. The van der Waals surface area contributed by atoms with Gasteiger partial charge in [-0.15, -0.1) is 0 Å². The van der Waals surface area contributed by atoms with Crippen molar-refractivity contribution < 1.29 is 13.2 Å². The van der Waals surface area contributed by atoms with E-state index >= 15 is 0 Å². The van der Waals surface area contributed by atoms with Crippen LogP contribution in [0.5, 0.6) is 0 Å². The molecular formula is C13H15N3O3S. The summed E-state index contributed by atoms with van der Waals surface area (Å²) in [5.41, 5.74) is 1.28. The third kappa shape index (κ3) is 2.40. The number of hydrogen-bond acceptors (Lipinski definition) is 4. The van der Waals surface area contributed by atoms with Gasteiger partial charge in [-0.3, -0.25) is 9.89 Å². The molecule has 1 saturated heterocycles. The number of H-pyrrole nitrogens is 1. The van der Waals surface area contributed by atoms with E-state index in [-0.39, 0.29) is 18.2 Å². The van der Waals surface area contributed by atoms with Crippen molar-refractivity contribution in [1.29, 1.82) is 0 Å². The quantitative estimate of drug-likeness (QED) is 0.878. The largest absolute Gasteiger partial charge is 0.351 e. The van der Waals surface area contributed by atoms with Crippen molar-refractivity contribution in [1.82, 2.24) is 15.5 Å². The third-order valence-corrected chi connectivity index (χ3v) is 5.93. The third-order valence-electron chi connectivity index (χ3n) is 3.66. The van der Waals surface area contributed by atoms with Gasteiger partial charge >= 0.3 is 0 Å². The number of aromatic nitrogens is 2. The molecule has 0 bridgehead atoms. The van der Waals surface area contributed by atoms with Crippen LogP contribution in [0.25, 0.3) is 10.9 Å². The van der Waals surface area contributed by atoms with Crippen molar-refractivity contribution in [2.75, 3.05) is 12.3 Å². The van der Waals surface area contributed by atoms with Gasteiger partial charge in [0.05, 0.1) is 22.7 Å². The molecule has 2 heterocycles. The zero-order valence-corrected chi connectivity index (χ0v) is 11.6. The number of rotatable bonds is 3. The van der Waals surface area contributed by atoms with Crippen molar-refractivity contribution in [2.24, 2.45) is 0 Å². The van der Waals surface area contributed by atoms with E-state index in [1.807, 2.05) is 0 Å². The SMILES string of the molecule is O=C(NCC1CCCS1(=O)=O)c1ccc2cn[nH]c2c1. The summed E-state index contributed by atoms with van der Waals surface area (Å²) in [5.74, 6) is -0.0308. The second kappa shape index (κ2) is 4.90. The topological polar surface area (TPSA) is 91.9 Å². The molecule has 106 valence electrons. The number of carbonyl (C=O) groups is 1. The first-order chi connectivity index (χ1) is 9.56. The Bertz CT molecular complexity index is 751. The molecule has 20 heavy (non-hydrogen) atoms. The van der Waals surface area contributed by atoms with Crippen LogP contribution in [-0.2, 0) is 9.84 Å². The molecule has 2 N–H and O–H groups in total. The zero-order valence-electron chi connectivity index (χ0n) is 10.8. The van der Waals surface area contributed by atoms with Gasteiger partial charge in [-0.1, -0.05) is 6.07 Å². The predicted octanol–water partition coefficient (Wildman–Crippen LogP) is 0.870. The minimum atomic E-state index is -3.02. The molecule has 0 aliphatic carbocycles. The Labute approximate surface area is 116 Å².